The summed E-state index contributed by atoms with van der Waals surface area (Å²) in [6.07, 6.45) is 6.31. The predicted octanol–water partition coefficient (Wildman–Crippen LogP) is 2.81. The topological polar surface area (TPSA) is 35.2 Å². The summed E-state index contributed by atoms with van der Waals surface area (Å²) >= 11 is 0. The minimum absolute atomic E-state index is 0.442. The number of rotatable bonds is 5. The fourth-order valence-corrected chi connectivity index (χ4v) is 2.75. The normalized spacial score (nSPS) is 32.2. The lowest BCUT2D eigenvalue weighted by atomic mass is 9.72. The van der Waals surface area contributed by atoms with E-state index < -0.39 is 0 Å². The van der Waals surface area contributed by atoms with E-state index in [0.29, 0.717) is 6.04 Å². The molecule has 0 saturated heterocycles. The highest BCUT2D eigenvalue weighted by Crippen LogP contribution is 2.35. The Balaban J connectivity index is 2.32. The van der Waals surface area contributed by atoms with Crippen LogP contribution in [0, 0.1) is 17.8 Å². The zero-order valence-electron chi connectivity index (χ0n) is 10.5. The third kappa shape index (κ3) is 4.12. The molecule has 1 fully saturated rings. The van der Waals surface area contributed by atoms with E-state index >= 15 is 0 Å². The molecule has 2 heteroatoms. The van der Waals surface area contributed by atoms with Gasteiger partial charge in [-0.2, -0.15) is 0 Å². The third-order valence-electron chi connectivity index (χ3n) is 3.95. The molecule has 3 atom stereocenters. The Bertz CT molecular complexity index is 170. The Morgan fingerprint density at radius 1 is 1.33 bits per heavy atom. The quantitative estimate of drug-likeness (QED) is 0.713. The van der Waals surface area contributed by atoms with Gasteiger partial charge in [-0.05, 0) is 49.9 Å². The van der Waals surface area contributed by atoms with E-state index in [0.717, 1.165) is 24.4 Å². The van der Waals surface area contributed by atoms with Crippen molar-refractivity contribution in [2.24, 2.45) is 23.5 Å². The molecule has 0 aromatic rings. The Labute approximate surface area is 94.6 Å². The molecule has 0 aliphatic heterocycles. The highest BCUT2D eigenvalue weighted by Gasteiger charge is 2.28. The van der Waals surface area contributed by atoms with Crippen molar-refractivity contribution in [2.75, 3.05) is 13.7 Å². The van der Waals surface area contributed by atoms with Crippen molar-refractivity contribution in [1.29, 1.82) is 0 Å². The third-order valence-corrected chi connectivity index (χ3v) is 3.95. The summed E-state index contributed by atoms with van der Waals surface area (Å²) in [4.78, 5) is 0. The molecule has 1 rings (SSSR count). The van der Waals surface area contributed by atoms with Gasteiger partial charge in [-0.25, -0.2) is 0 Å². The van der Waals surface area contributed by atoms with Crippen molar-refractivity contribution in [3.63, 3.8) is 0 Å². The van der Waals surface area contributed by atoms with E-state index in [1.807, 2.05) is 0 Å². The fraction of sp³-hybridized carbons (Fsp3) is 1.00. The van der Waals surface area contributed by atoms with Crippen LogP contribution in [0.4, 0.5) is 0 Å². The van der Waals surface area contributed by atoms with Crippen molar-refractivity contribution in [2.45, 2.75) is 52.0 Å². The first-order valence-corrected chi connectivity index (χ1v) is 6.39. The van der Waals surface area contributed by atoms with E-state index in [9.17, 15) is 0 Å². The predicted molar refractivity (Wildman–Crippen MR) is 64.8 cm³/mol. The zero-order chi connectivity index (χ0) is 11.3. The van der Waals surface area contributed by atoms with Crippen molar-refractivity contribution >= 4 is 0 Å². The maximum atomic E-state index is 6.18. The fourth-order valence-electron chi connectivity index (χ4n) is 2.75. The van der Waals surface area contributed by atoms with E-state index in [-0.39, 0.29) is 0 Å². The average molecular weight is 213 g/mol. The van der Waals surface area contributed by atoms with E-state index in [4.69, 9.17) is 10.5 Å². The first-order chi connectivity index (χ1) is 7.15. The molecule has 0 aromatic heterocycles. The average Bonchev–Trinajstić information content (AvgIpc) is 2.20. The van der Waals surface area contributed by atoms with Crippen LogP contribution in [0.5, 0.6) is 0 Å². The first kappa shape index (κ1) is 13.0. The molecule has 2 nitrogen and oxygen atoms in total. The van der Waals surface area contributed by atoms with Crippen molar-refractivity contribution in [1.82, 2.24) is 0 Å². The lowest BCUT2D eigenvalue weighted by molar-refractivity contribution is 0.152. The summed E-state index contributed by atoms with van der Waals surface area (Å²) in [5.74, 6) is 2.46. The standard InChI is InChI=1S/C13H27NO/c1-10(2)11-6-7-13(14)12(9-11)5-4-8-15-3/h10-13H,4-9,14H2,1-3H3. The molecule has 0 spiro atoms. The minimum Gasteiger partial charge on any atom is -0.385 e. The minimum atomic E-state index is 0.442. The molecule has 2 N–H and O–H groups in total. The molecule has 1 saturated carbocycles. The Morgan fingerprint density at radius 2 is 2.07 bits per heavy atom. The molecule has 0 amide bonds. The van der Waals surface area contributed by atoms with Crippen LogP contribution >= 0.6 is 0 Å². The second-order valence-electron chi connectivity index (χ2n) is 5.38. The van der Waals surface area contributed by atoms with Gasteiger partial charge in [-0.15, -0.1) is 0 Å². The van der Waals surface area contributed by atoms with E-state index in [1.165, 1.54) is 32.1 Å². The van der Waals surface area contributed by atoms with E-state index in [1.54, 1.807) is 7.11 Å². The number of ether oxygens (including phenoxy) is 1. The van der Waals surface area contributed by atoms with Crippen LogP contribution in [0.3, 0.4) is 0 Å². The Hall–Kier alpha value is -0.0800. The molecule has 15 heavy (non-hydrogen) atoms. The zero-order valence-corrected chi connectivity index (χ0v) is 10.5. The largest absolute Gasteiger partial charge is 0.385 e. The number of methoxy groups -OCH3 is 1. The van der Waals surface area contributed by atoms with Crippen molar-refractivity contribution in [3.8, 4) is 0 Å². The Kier molecular flexibility index (Phi) is 5.62. The van der Waals surface area contributed by atoms with Gasteiger partial charge in [0.05, 0.1) is 0 Å². The molecular formula is C13H27NO. The molecule has 1 aliphatic carbocycles. The summed E-state index contributed by atoms with van der Waals surface area (Å²) < 4.78 is 5.10. The SMILES string of the molecule is COCCCC1CC(C(C)C)CCC1N. The highest BCUT2D eigenvalue weighted by atomic mass is 16.5. The number of hydrogen-bond donors (Lipinski definition) is 1. The molecular weight excluding hydrogens is 186 g/mol. The van der Waals surface area contributed by atoms with Gasteiger partial charge in [0.1, 0.15) is 0 Å². The van der Waals surface area contributed by atoms with Crippen molar-refractivity contribution < 1.29 is 4.74 Å². The van der Waals surface area contributed by atoms with Gasteiger partial charge < -0.3 is 10.5 Å². The van der Waals surface area contributed by atoms with Crippen LogP contribution in [0.25, 0.3) is 0 Å². The second-order valence-corrected chi connectivity index (χ2v) is 5.38. The van der Waals surface area contributed by atoms with Crippen LogP contribution in [-0.2, 0) is 4.74 Å². The summed E-state index contributed by atoms with van der Waals surface area (Å²) in [5, 5.41) is 0. The number of nitrogens with two attached hydrogens (primary N) is 1. The maximum absolute atomic E-state index is 6.18. The maximum Gasteiger partial charge on any atom is 0.0462 e. The molecule has 0 heterocycles. The Morgan fingerprint density at radius 3 is 2.67 bits per heavy atom. The van der Waals surface area contributed by atoms with Crippen LogP contribution in [0.1, 0.15) is 46.0 Å². The van der Waals surface area contributed by atoms with Gasteiger partial charge in [0.25, 0.3) is 0 Å². The van der Waals surface area contributed by atoms with Gasteiger partial charge in [0.15, 0.2) is 0 Å². The summed E-state index contributed by atoms with van der Waals surface area (Å²) in [6, 6.07) is 0.442. The van der Waals surface area contributed by atoms with Crippen LogP contribution in [-0.4, -0.2) is 19.8 Å². The van der Waals surface area contributed by atoms with Crippen molar-refractivity contribution in [3.05, 3.63) is 0 Å². The summed E-state index contributed by atoms with van der Waals surface area (Å²) in [7, 11) is 1.78. The smallest absolute Gasteiger partial charge is 0.0462 e. The lowest BCUT2D eigenvalue weighted by Crippen LogP contribution is -2.37. The monoisotopic (exact) mass is 213 g/mol. The molecule has 0 radical (unpaired) electrons. The van der Waals surface area contributed by atoms with Gasteiger partial charge in [0, 0.05) is 19.8 Å². The van der Waals surface area contributed by atoms with Crippen LogP contribution < -0.4 is 5.73 Å². The summed E-state index contributed by atoms with van der Waals surface area (Å²) in [6.45, 7) is 5.57. The summed E-state index contributed by atoms with van der Waals surface area (Å²) in [5.41, 5.74) is 6.18. The van der Waals surface area contributed by atoms with Crippen LogP contribution in [0.15, 0.2) is 0 Å². The highest BCUT2D eigenvalue weighted by molar-refractivity contribution is 4.83. The van der Waals surface area contributed by atoms with Gasteiger partial charge in [0.2, 0.25) is 0 Å². The molecule has 3 unspecified atom stereocenters. The molecule has 1 aliphatic rings. The van der Waals surface area contributed by atoms with Crippen LogP contribution in [0.2, 0.25) is 0 Å². The lowest BCUT2D eigenvalue weighted by Gasteiger charge is -2.36. The first-order valence-electron chi connectivity index (χ1n) is 6.39. The van der Waals surface area contributed by atoms with Gasteiger partial charge >= 0.3 is 0 Å². The van der Waals surface area contributed by atoms with Gasteiger partial charge in [-0.3, -0.25) is 0 Å². The molecule has 0 bridgehead atoms. The van der Waals surface area contributed by atoms with E-state index in [2.05, 4.69) is 13.8 Å². The second kappa shape index (κ2) is 6.49. The van der Waals surface area contributed by atoms with Gasteiger partial charge in [-0.1, -0.05) is 13.8 Å². The number of hydrogen-bond acceptors (Lipinski definition) is 2. The molecule has 90 valence electrons. The molecule has 0 aromatic carbocycles.